The smallest absolute Gasteiger partial charge is 0.341 e. The van der Waals surface area contributed by atoms with Gasteiger partial charge in [0, 0.05) is 4.88 Å². The van der Waals surface area contributed by atoms with E-state index in [0.717, 1.165) is 48.3 Å². The van der Waals surface area contributed by atoms with Crippen molar-refractivity contribution < 1.29 is 28.2 Å². The number of carbonyl (C=O) groups is 2. The van der Waals surface area contributed by atoms with Gasteiger partial charge in [0.15, 0.2) is 5.76 Å². The van der Waals surface area contributed by atoms with E-state index in [1.807, 2.05) is 6.92 Å². The number of amides is 1. The van der Waals surface area contributed by atoms with Gasteiger partial charge in [0.25, 0.3) is 5.91 Å². The summed E-state index contributed by atoms with van der Waals surface area (Å²) in [6.07, 6.45) is 4.60. The van der Waals surface area contributed by atoms with Crippen molar-refractivity contribution in [2.24, 2.45) is 0 Å². The Hall–Kier alpha value is -3.26. The van der Waals surface area contributed by atoms with E-state index in [9.17, 15) is 9.59 Å². The van der Waals surface area contributed by atoms with Gasteiger partial charge in [0.2, 0.25) is 0 Å². The summed E-state index contributed by atoms with van der Waals surface area (Å²) in [5.74, 6) is 1.30. The quantitative estimate of drug-likeness (QED) is 0.409. The number of furan rings is 1. The van der Waals surface area contributed by atoms with E-state index in [1.165, 1.54) is 11.3 Å². The molecule has 0 atom stereocenters. The minimum absolute atomic E-state index is 0.155. The van der Waals surface area contributed by atoms with Gasteiger partial charge in [-0.05, 0) is 74.1 Å². The zero-order valence-corrected chi connectivity index (χ0v) is 19.6. The fourth-order valence-electron chi connectivity index (χ4n) is 3.71. The van der Waals surface area contributed by atoms with E-state index >= 15 is 0 Å². The molecular weight excluding hydrogens is 442 g/mol. The highest BCUT2D eigenvalue weighted by molar-refractivity contribution is 7.17. The van der Waals surface area contributed by atoms with Gasteiger partial charge in [-0.3, -0.25) is 4.79 Å². The fourth-order valence-corrected chi connectivity index (χ4v) is 4.98. The maximum absolute atomic E-state index is 12.9. The number of thiophene rings is 1. The molecule has 2 heterocycles. The SMILES string of the molecule is CCCOC(=O)c1c(NC(=O)c2ccc(COc3ccc(OC)cc3)o2)sc2c1CCCC2. The van der Waals surface area contributed by atoms with Gasteiger partial charge in [-0.1, -0.05) is 6.92 Å². The van der Waals surface area contributed by atoms with Crippen molar-refractivity contribution in [3.63, 3.8) is 0 Å². The van der Waals surface area contributed by atoms with Crippen LogP contribution in [0.2, 0.25) is 0 Å². The van der Waals surface area contributed by atoms with Crippen LogP contribution in [0.4, 0.5) is 5.00 Å². The van der Waals surface area contributed by atoms with Gasteiger partial charge in [-0.15, -0.1) is 11.3 Å². The van der Waals surface area contributed by atoms with Crippen LogP contribution >= 0.6 is 11.3 Å². The summed E-state index contributed by atoms with van der Waals surface area (Å²) in [4.78, 5) is 26.7. The normalized spacial score (nSPS) is 12.7. The highest BCUT2D eigenvalue weighted by Gasteiger charge is 2.28. The lowest BCUT2D eigenvalue weighted by Crippen LogP contribution is -2.15. The fraction of sp³-hybridized carbons (Fsp3) is 0.360. The molecule has 1 aliphatic carbocycles. The number of esters is 1. The summed E-state index contributed by atoms with van der Waals surface area (Å²) >= 11 is 1.45. The molecular formula is C25H27NO6S. The molecule has 1 amide bonds. The first-order valence-electron chi connectivity index (χ1n) is 11.1. The average Bonchev–Trinajstić information content (AvgIpc) is 3.46. The Bertz CT molecular complexity index is 1110. The number of anilines is 1. The summed E-state index contributed by atoms with van der Waals surface area (Å²) < 4.78 is 21.9. The molecule has 0 spiro atoms. The predicted molar refractivity (Wildman–Crippen MR) is 126 cm³/mol. The third kappa shape index (κ3) is 5.39. The number of ether oxygens (including phenoxy) is 3. The number of benzene rings is 1. The molecule has 1 aliphatic rings. The number of fused-ring (bicyclic) bond motifs is 1. The van der Waals surface area contributed by atoms with Crippen LogP contribution in [0, 0.1) is 0 Å². The number of hydrogen-bond acceptors (Lipinski definition) is 7. The van der Waals surface area contributed by atoms with Crippen molar-refractivity contribution in [3.05, 3.63) is 63.9 Å². The second-order valence-electron chi connectivity index (χ2n) is 7.74. The molecule has 8 heteroatoms. The van der Waals surface area contributed by atoms with Crippen LogP contribution in [0.25, 0.3) is 0 Å². The van der Waals surface area contributed by atoms with Crippen LogP contribution in [0.5, 0.6) is 11.5 Å². The molecule has 4 rings (SSSR count). The Morgan fingerprint density at radius 1 is 1.06 bits per heavy atom. The molecule has 0 saturated heterocycles. The molecule has 0 unspecified atom stereocenters. The summed E-state index contributed by atoms with van der Waals surface area (Å²) in [7, 11) is 1.60. The van der Waals surface area contributed by atoms with Crippen LogP contribution < -0.4 is 14.8 Å². The minimum Gasteiger partial charge on any atom is -0.497 e. The molecule has 0 radical (unpaired) electrons. The zero-order valence-electron chi connectivity index (χ0n) is 18.8. The van der Waals surface area contributed by atoms with E-state index < -0.39 is 5.91 Å². The van der Waals surface area contributed by atoms with Crippen molar-refractivity contribution in [1.29, 1.82) is 0 Å². The Kier molecular flexibility index (Phi) is 7.34. The number of carbonyl (C=O) groups excluding carboxylic acids is 2. The second-order valence-corrected chi connectivity index (χ2v) is 8.84. The first-order valence-corrected chi connectivity index (χ1v) is 11.9. The lowest BCUT2D eigenvalue weighted by atomic mass is 9.95. The molecule has 174 valence electrons. The Morgan fingerprint density at radius 2 is 1.82 bits per heavy atom. The topological polar surface area (TPSA) is 87.0 Å². The first kappa shape index (κ1) is 22.9. The van der Waals surface area contributed by atoms with Gasteiger partial charge in [0.05, 0.1) is 19.3 Å². The summed E-state index contributed by atoms with van der Waals surface area (Å²) in [5.41, 5.74) is 1.50. The van der Waals surface area contributed by atoms with Gasteiger partial charge in [0.1, 0.15) is 28.9 Å². The lowest BCUT2D eigenvalue weighted by Gasteiger charge is -2.12. The Morgan fingerprint density at radius 3 is 2.58 bits per heavy atom. The van der Waals surface area contributed by atoms with Gasteiger partial charge >= 0.3 is 5.97 Å². The molecule has 2 aromatic heterocycles. The maximum atomic E-state index is 12.9. The highest BCUT2D eigenvalue weighted by Crippen LogP contribution is 2.39. The summed E-state index contributed by atoms with van der Waals surface area (Å²) in [6, 6.07) is 10.5. The summed E-state index contributed by atoms with van der Waals surface area (Å²) in [5, 5.41) is 3.40. The van der Waals surface area contributed by atoms with E-state index in [0.29, 0.717) is 28.7 Å². The molecule has 33 heavy (non-hydrogen) atoms. The van der Waals surface area contributed by atoms with Gasteiger partial charge in [-0.2, -0.15) is 0 Å². The van der Waals surface area contributed by atoms with Crippen LogP contribution in [-0.4, -0.2) is 25.6 Å². The molecule has 0 bridgehead atoms. The minimum atomic E-state index is -0.408. The summed E-state index contributed by atoms with van der Waals surface area (Å²) in [6.45, 7) is 2.49. The second kappa shape index (κ2) is 10.6. The van der Waals surface area contributed by atoms with Crippen LogP contribution in [0.1, 0.15) is 63.3 Å². The van der Waals surface area contributed by atoms with E-state index in [1.54, 1.807) is 43.5 Å². The average molecular weight is 470 g/mol. The van der Waals surface area contributed by atoms with Gasteiger partial charge in [-0.25, -0.2) is 4.79 Å². The Balaban J connectivity index is 1.44. The maximum Gasteiger partial charge on any atom is 0.341 e. The number of aryl methyl sites for hydroxylation is 1. The van der Waals surface area contributed by atoms with E-state index in [4.69, 9.17) is 18.6 Å². The van der Waals surface area contributed by atoms with Gasteiger partial charge < -0.3 is 23.9 Å². The standard InChI is InChI=1S/C25H27NO6S/c1-3-14-30-25(28)22-19-6-4-5-7-21(19)33-24(22)26-23(27)20-13-12-18(32-20)15-31-17-10-8-16(29-2)9-11-17/h8-13H,3-7,14-15H2,1-2H3,(H,26,27). The predicted octanol–water partition coefficient (Wildman–Crippen LogP) is 5.63. The molecule has 1 aromatic carbocycles. The monoisotopic (exact) mass is 469 g/mol. The molecule has 7 nitrogen and oxygen atoms in total. The first-order chi connectivity index (χ1) is 16.1. The molecule has 0 saturated carbocycles. The molecule has 0 fully saturated rings. The lowest BCUT2D eigenvalue weighted by molar-refractivity contribution is 0.0505. The number of methoxy groups -OCH3 is 1. The van der Waals surface area contributed by atoms with Crippen molar-refractivity contribution in [1.82, 2.24) is 0 Å². The highest BCUT2D eigenvalue weighted by atomic mass is 32.1. The largest absolute Gasteiger partial charge is 0.497 e. The van der Waals surface area contributed by atoms with Crippen LogP contribution in [-0.2, 0) is 24.2 Å². The number of hydrogen-bond donors (Lipinski definition) is 1. The third-order valence-corrected chi connectivity index (χ3v) is 6.57. The van der Waals surface area contributed by atoms with Crippen molar-refractivity contribution >= 4 is 28.2 Å². The molecule has 1 N–H and O–H groups in total. The zero-order chi connectivity index (χ0) is 23.2. The van der Waals surface area contributed by atoms with Crippen LogP contribution in [0.15, 0.2) is 40.8 Å². The number of rotatable bonds is 9. The molecule has 0 aliphatic heterocycles. The van der Waals surface area contributed by atoms with E-state index in [-0.39, 0.29) is 18.3 Å². The van der Waals surface area contributed by atoms with Crippen molar-refractivity contribution in [3.8, 4) is 11.5 Å². The van der Waals surface area contributed by atoms with Crippen molar-refractivity contribution in [2.45, 2.75) is 45.6 Å². The van der Waals surface area contributed by atoms with E-state index in [2.05, 4.69) is 5.32 Å². The van der Waals surface area contributed by atoms with Crippen molar-refractivity contribution in [2.75, 3.05) is 19.0 Å². The Labute approximate surface area is 196 Å². The van der Waals surface area contributed by atoms with Crippen LogP contribution in [0.3, 0.4) is 0 Å². The molecule has 3 aromatic rings. The number of nitrogens with one attached hydrogen (secondary N) is 1. The third-order valence-electron chi connectivity index (χ3n) is 5.37.